The van der Waals surface area contributed by atoms with Crippen LogP contribution in [0, 0.1) is 0 Å². The molecule has 0 atom stereocenters. The third kappa shape index (κ3) is 3.87. The first-order chi connectivity index (χ1) is 8.41. The van der Waals surface area contributed by atoms with E-state index in [1.165, 1.54) is 0 Å². The van der Waals surface area contributed by atoms with Gasteiger partial charge in [0.15, 0.2) is 0 Å². The number of hydrogen-bond acceptors (Lipinski definition) is 2. The van der Waals surface area contributed by atoms with E-state index in [1.54, 1.807) is 0 Å². The number of primary amides is 2. The summed E-state index contributed by atoms with van der Waals surface area (Å²) in [5, 5.41) is 0. The number of amides is 2. The van der Waals surface area contributed by atoms with Crippen LogP contribution in [0.1, 0.15) is 49.7 Å². The first kappa shape index (κ1) is 14.2. The largest absolute Gasteiger partial charge is 0.370 e. The van der Waals surface area contributed by atoms with Gasteiger partial charge < -0.3 is 11.5 Å². The van der Waals surface area contributed by atoms with E-state index in [1.807, 2.05) is 24.3 Å². The molecule has 0 aliphatic carbocycles. The van der Waals surface area contributed by atoms with E-state index in [4.69, 9.17) is 11.5 Å². The van der Waals surface area contributed by atoms with Gasteiger partial charge in [0.1, 0.15) is 0 Å². The van der Waals surface area contributed by atoms with Gasteiger partial charge in [-0.25, -0.2) is 0 Å². The molecule has 0 fully saturated rings. The number of carbonyl (C=O) groups is 2. The molecular weight excluding hydrogens is 228 g/mol. The maximum absolute atomic E-state index is 11.1. The molecule has 0 aliphatic heterocycles. The van der Waals surface area contributed by atoms with Crippen LogP contribution in [-0.4, -0.2) is 11.8 Å². The highest BCUT2D eigenvalue weighted by Gasteiger charge is 2.20. The fourth-order valence-corrected chi connectivity index (χ4v) is 2.19. The van der Waals surface area contributed by atoms with E-state index in [0.717, 1.165) is 11.1 Å². The van der Waals surface area contributed by atoms with E-state index in [0.29, 0.717) is 5.92 Å². The minimum Gasteiger partial charge on any atom is -0.370 e. The first-order valence-corrected chi connectivity index (χ1v) is 6.07. The van der Waals surface area contributed by atoms with Crippen molar-refractivity contribution in [2.24, 2.45) is 11.5 Å². The fourth-order valence-electron chi connectivity index (χ4n) is 2.19. The zero-order valence-electron chi connectivity index (χ0n) is 10.8. The Labute approximate surface area is 107 Å². The highest BCUT2D eigenvalue weighted by atomic mass is 16.1. The molecule has 0 saturated heterocycles. The Hall–Kier alpha value is -1.84. The highest BCUT2D eigenvalue weighted by Crippen LogP contribution is 2.30. The summed E-state index contributed by atoms with van der Waals surface area (Å²) >= 11 is 0. The molecule has 4 N–H and O–H groups in total. The molecule has 2 amide bonds. The molecule has 1 aromatic carbocycles. The summed E-state index contributed by atoms with van der Waals surface area (Å²) in [7, 11) is 0. The number of hydrogen-bond donors (Lipinski definition) is 2. The van der Waals surface area contributed by atoms with Crippen LogP contribution in [0.3, 0.4) is 0 Å². The number of nitrogens with two attached hydrogens (primary N) is 2. The van der Waals surface area contributed by atoms with Crippen molar-refractivity contribution in [1.29, 1.82) is 0 Å². The molecule has 0 bridgehead atoms. The lowest BCUT2D eigenvalue weighted by Crippen LogP contribution is -2.21. The van der Waals surface area contributed by atoms with Crippen molar-refractivity contribution in [2.45, 2.75) is 38.5 Å². The molecule has 0 unspecified atom stereocenters. The van der Waals surface area contributed by atoms with Crippen LogP contribution in [-0.2, 0) is 9.59 Å². The van der Waals surface area contributed by atoms with Crippen molar-refractivity contribution in [3.8, 4) is 0 Å². The van der Waals surface area contributed by atoms with Gasteiger partial charge in [-0.05, 0) is 17.0 Å². The second-order valence-corrected chi connectivity index (χ2v) is 4.82. The van der Waals surface area contributed by atoms with E-state index >= 15 is 0 Å². The summed E-state index contributed by atoms with van der Waals surface area (Å²) in [6.45, 7) is 4.15. The second kappa shape index (κ2) is 6.19. The Morgan fingerprint density at radius 2 is 1.44 bits per heavy atom. The molecule has 1 aromatic rings. The smallest absolute Gasteiger partial charge is 0.218 e. The molecule has 0 aliphatic rings. The van der Waals surface area contributed by atoms with Gasteiger partial charge in [0.05, 0.1) is 0 Å². The summed E-state index contributed by atoms with van der Waals surface area (Å²) in [4.78, 5) is 22.2. The normalized spacial score (nSPS) is 10.9. The topological polar surface area (TPSA) is 86.2 Å². The number of carbonyl (C=O) groups excluding carboxylic acids is 2. The van der Waals surface area contributed by atoms with E-state index < -0.39 is 11.8 Å². The van der Waals surface area contributed by atoms with Crippen LogP contribution < -0.4 is 11.5 Å². The fraction of sp³-hybridized carbons (Fsp3) is 0.429. The maximum Gasteiger partial charge on any atom is 0.218 e. The van der Waals surface area contributed by atoms with Gasteiger partial charge in [-0.15, -0.1) is 0 Å². The number of rotatable bonds is 6. The molecule has 4 heteroatoms. The van der Waals surface area contributed by atoms with Crippen molar-refractivity contribution >= 4 is 11.8 Å². The number of benzene rings is 1. The van der Waals surface area contributed by atoms with Gasteiger partial charge in [0, 0.05) is 18.8 Å². The maximum atomic E-state index is 11.1. The van der Waals surface area contributed by atoms with Gasteiger partial charge in [-0.1, -0.05) is 38.1 Å². The standard InChI is InChI=1S/C14H20N2O2/c1-9(2)11-5-3-4-6-12(11)10(7-13(15)17)8-14(16)18/h3-6,9-10H,7-8H2,1-2H3,(H2,15,17)(H2,16,18). The zero-order chi connectivity index (χ0) is 13.7. The third-order valence-corrected chi connectivity index (χ3v) is 2.95. The van der Waals surface area contributed by atoms with Gasteiger partial charge in [-0.2, -0.15) is 0 Å². The predicted octanol–water partition coefficient (Wildman–Crippen LogP) is 1.64. The van der Waals surface area contributed by atoms with Crippen LogP contribution in [0.4, 0.5) is 0 Å². The van der Waals surface area contributed by atoms with E-state index in [-0.39, 0.29) is 18.8 Å². The average Bonchev–Trinajstić information content (AvgIpc) is 2.26. The zero-order valence-corrected chi connectivity index (χ0v) is 10.8. The van der Waals surface area contributed by atoms with E-state index in [9.17, 15) is 9.59 Å². The Balaban J connectivity index is 3.11. The van der Waals surface area contributed by atoms with E-state index in [2.05, 4.69) is 13.8 Å². The SMILES string of the molecule is CC(C)c1ccccc1C(CC(N)=O)CC(N)=O. The van der Waals surface area contributed by atoms with Gasteiger partial charge in [0.2, 0.25) is 11.8 Å². The molecule has 0 heterocycles. The molecule has 18 heavy (non-hydrogen) atoms. The average molecular weight is 248 g/mol. The van der Waals surface area contributed by atoms with Crippen molar-refractivity contribution in [2.75, 3.05) is 0 Å². The minimum absolute atomic E-state index is 0.146. The molecule has 0 spiro atoms. The molecule has 0 radical (unpaired) electrons. The van der Waals surface area contributed by atoms with Crippen LogP contribution in [0.15, 0.2) is 24.3 Å². The van der Waals surface area contributed by atoms with Crippen LogP contribution >= 0.6 is 0 Å². The molecule has 4 nitrogen and oxygen atoms in total. The summed E-state index contributed by atoms with van der Waals surface area (Å²) in [6, 6.07) is 7.79. The molecule has 1 rings (SSSR count). The molecular formula is C14H20N2O2. The summed E-state index contributed by atoms with van der Waals surface area (Å²) in [5.74, 6) is -0.734. The lowest BCUT2D eigenvalue weighted by atomic mass is 9.85. The van der Waals surface area contributed by atoms with Gasteiger partial charge >= 0.3 is 0 Å². The Morgan fingerprint density at radius 1 is 1.00 bits per heavy atom. The van der Waals surface area contributed by atoms with Gasteiger partial charge in [0.25, 0.3) is 0 Å². The molecule has 0 saturated carbocycles. The highest BCUT2D eigenvalue weighted by molar-refractivity contribution is 5.78. The monoisotopic (exact) mass is 248 g/mol. The Morgan fingerprint density at radius 3 is 1.83 bits per heavy atom. The van der Waals surface area contributed by atoms with Crippen molar-refractivity contribution in [3.05, 3.63) is 35.4 Å². The lowest BCUT2D eigenvalue weighted by molar-refractivity contribution is -0.119. The van der Waals surface area contributed by atoms with Crippen molar-refractivity contribution in [1.82, 2.24) is 0 Å². The van der Waals surface area contributed by atoms with Crippen molar-refractivity contribution in [3.63, 3.8) is 0 Å². The molecule has 0 aromatic heterocycles. The van der Waals surface area contributed by atoms with Crippen LogP contribution in [0.2, 0.25) is 0 Å². The van der Waals surface area contributed by atoms with Crippen LogP contribution in [0.5, 0.6) is 0 Å². The minimum atomic E-state index is -0.417. The lowest BCUT2D eigenvalue weighted by Gasteiger charge is -2.20. The Kier molecular flexibility index (Phi) is 4.89. The quantitative estimate of drug-likeness (QED) is 0.801. The van der Waals surface area contributed by atoms with Crippen LogP contribution in [0.25, 0.3) is 0 Å². The summed E-state index contributed by atoms with van der Waals surface area (Å²) in [6.07, 6.45) is 0.291. The van der Waals surface area contributed by atoms with Gasteiger partial charge in [-0.3, -0.25) is 9.59 Å². The predicted molar refractivity (Wildman–Crippen MR) is 70.9 cm³/mol. The van der Waals surface area contributed by atoms with Crippen molar-refractivity contribution < 1.29 is 9.59 Å². The second-order valence-electron chi connectivity index (χ2n) is 4.82. The summed E-state index contributed by atoms with van der Waals surface area (Å²) in [5.41, 5.74) is 12.6. The third-order valence-electron chi connectivity index (χ3n) is 2.95. The summed E-state index contributed by atoms with van der Waals surface area (Å²) < 4.78 is 0. The molecule has 98 valence electrons. The Bertz CT molecular complexity index is 425. The first-order valence-electron chi connectivity index (χ1n) is 6.07.